The maximum absolute atomic E-state index is 13.0. The summed E-state index contributed by atoms with van der Waals surface area (Å²) >= 11 is 5.35. The third-order valence-corrected chi connectivity index (χ3v) is 2.06. The smallest absolute Gasteiger partial charge is 0.165 e. The predicted molar refractivity (Wildman–Crippen MR) is 52.4 cm³/mol. The van der Waals surface area contributed by atoms with Gasteiger partial charge in [0.05, 0.1) is 13.0 Å². The highest BCUT2D eigenvalue weighted by molar-refractivity contribution is 6.27. The third kappa shape index (κ3) is 2.70. The first-order valence-electron chi connectivity index (χ1n) is 4.07. The normalized spacial score (nSPS) is 9.93. The first-order chi connectivity index (χ1) is 6.67. The van der Waals surface area contributed by atoms with Crippen LogP contribution in [-0.2, 0) is 11.2 Å². The molecule has 0 aliphatic heterocycles. The van der Waals surface area contributed by atoms with Gasteiger partial charge in [-0.2, -0.15) is 0 Å². The Bertz CT molecular complexity index is 339. The van der Waals surface area contributed by atoms with Gasteiger partial charge in [0.15, 0.2) is 17.3 Å². The number of hydrogen-bond acceptors (Lipinski definition) is 2. The van der Waals surface area contributed by atoms with Crippen LogP contribution >= 0.6 is 11.6 Å². The number of ether oxygens (including phenoxy) is 1. The summed E-state index contributed by atoms with van der Waals surface area (Å²) in [6, 6.07) is 4.32. The minimum atomic E-state index is -0.436. The molecule has 1 aromatic rings. The quantitative estimate of drug-likeness (QED) is 0.722. The number of halogens is 2. The lowest BCUT2D eigenvalue weighted by Gasteiger charge is -2.04. The lowest BCUT2D eigenvalue weighted by Crippen LogP contribution is -2.04. The Kier molecular flexibility index (Phi) is 3.89. The number of alkyl halides is 1. The van der Waals surface area contributed by atoms with Gasteiger partial charge in [-0.15, -0.1) is 11.6 Å². The van der Waals surface area contributed by atoms with Gasteiger partial charge in [0.25, 0.3) is 0 Å². The van der Waals surface area contributed by atoms with E-state index in [2.05, 4.69) is 0 Å². The molecule has 0 atom stereocenters. The molecule has 0 fully saturated rings. The molecule has 4 heteroatoms. The Hall–Kier alpha value is -1.09. The van der Waals surface area contributed by atoms with Crippen molar-refractivity contribution in [2.24, 2.45) is 0 Å². The van der Waals surface area contributed by atoms with Gasteiger partial charge in [0.1, 0.15) is 0 Å². The third-order valence-electron chi connectivity index (χ3n) is 1.77. The Morgan fingerprint density at radius 1 is 1.57 bits per heavy atom. The van der Waals surface area contributed by atoms with E-state index in [1.807, 2.05) is 0 Å². The topological polar surface area (TPSA) is 26.3 Å². The molecule has 1 aromatic carbocycles. The molecule has 1 rings (SSSR count). The van der Waals surface area contributed by atoms with E-state index in [0.29, 0.717) is 5.56 Å². The van der Waals surface area contributed by atoms with Gasteiger partial charge in [-0.05, 0) is 17.7 Å². The fourth-order valence-electron chi connectivity index (χ4n) is 1.09. The molecule has 0 aliphatic rings. The zero-order valence-corrected chi connectivity index (χ0v) is 8.47. The molecule has 76 valence electrons. The number of methoxy groups -OCH3 is 1. The molecule has 0 unspecified atom stereocenters. The average molecular weight is 217 g/mol. The zero-order valence-electron chi connectivity index (χ0n) is 7.72. The maximum atomic E-state index is 13.0. The fourth-order valence-corrected chi connectivity index (χ4v) is 1.18. The lowest BCUT2D eigenvalue weighted by atomic mass is 10.1. The summed E-state index contributed by atoms with van der Waals surface area (Å²) in [5, 5.41) is 0. The summed E-state index contributed by atoms with van der Waals surface area (Å²) in [5.41, 5.74) is 0.703. The van der Waals surface area contributed by atoms with Gasteiger partial charge in [0.2, 0.25) is 0 Å². The van der Waals surface area contributed by atoms with E-state index in [1.54, 1.807) is 6.07 Å². The Balaban J connectivity index is 2.84. The minimum Gasteiger partial charge on any atom is -0.494 e. The molecule has 0 bridgehead atoms. The Morgan fingerprint density at radius 2 is 2.29 bits per heavy atom. The molecule has 0 aromatic heterocycles. The minimum absolute atomic E-state index is 0.0281. The number of carbonyl (C=O) groups is 1. The molecule has 14 heavy (non-hydrogen) atoms. The Morgan fingerprint density at radius 3 is 2.86 bits per heavy atom. The second-order valence-corrected chi connectivity index (χ2v) is 3.09. The summed E-state index contributed by atoms with van der Waals surface area (Å²) < 4.78 is 17.7. The van der Waals surface area contributed by atoms with Gasteiger partial charge in [-0.1, -0.05) is 6.07 Å². The van der Waals surface area contributed by atoms with Crippen LogP contribution in [0.3, 0.4) is 0 Å². The van der Waals surface area contributed by atoms with Crippen LogP contribution in [0.25, 0.3) is 0 Å². The summed E-state index contributed by atoms with van der Waals surface area (Å²) in [7, 11) is 1.38. The number of rotatable bonds is 4. The van der Waals surface area contributed by atoms with E-state index in [-0.39, 0.29) is 23.8 Å². The van der Waals surface area contributed by atoms with E-state index in [0.717, 1.165) is 0 Å². The SMILES string of the molecule is COc1cc(CC(=O)CCl)ccc1F. The van der Waals surface area contributed by atoms with Crippen molar-refractivity contribution in [1.29, 1.82) is 0 Å². The van der Waals surface area contributed by atoms with Crippen molar-refractivity contribution in [1.82, 2.24) is 0 Å². The lowest BCUT2D eigenvalue weighted by molar-refractivity contribution is -0.116. The van der Waals surface area contributed by atoms with Gasteiger partial charge >= 0.3 is 0 Å². The number of hydrogen-bond donors (Lipinski definition) is 0. The van der Waals surface area contributed by atoms with E-state index in [9.17, 15) is 9.18 Å². The van der Waals surface area contributed by atoms with Crippen molar-refractivity contribution in [3.8, 4) is 5.75 Å². The first kappa shape index (κ1) is 11.0. The fraction of sp³-hybridized carbons (Fsp3) is 0.300. The van der Waals surface area contributed by atoms with Gasteiger partial charge in [0, 0.05) is 6.42 Å². The molecule has 0 spiro atoms. The molecule has 0 saturated carbocycles. The van der Waals surface area contributed by atoms with Crippen molar-refractivity contribution in [3.63, 3.8) is 0 Å². The number of Topliss-reactive ketones (excluding diaryl/α,β-unsaturated/α-hetero) is 1. The summed E-state index contributed by atoms with van der Waals surface area (Å²) in [5.74, 6) is -0.417. The monoisotopic (exact) mass is 216 g/mol. The number of benzene rings is 1. The Labute approximate surface area is 86.6 Å². The van der Waals surface area contributed by atoms with Crippen LogP contribution in [-0.4, -0.2) is 18.8 Å². The molecular weight excluding hydrogens is 207 g/mol. The first-order valence-corrected chi connectivity index (χ1v) is 4.61. The summed E-state index contributed by atoms with van der Waals surface area (Å²) in [4.78, 5) is 11.0. The van der Waals surface area contributed by atoms with Crippen LogP contribution in [0.5, 0.6) is 5.75 Å². The molecule has 0 N–H and O–H groups in total. The van der Waals surface area contributed by atoms with Gasteiger partial charge in [-0.25, -0.2) is 4.39 Å². The van der Waals surface area contributed by atoms with Gasteiger partial charge in [-0.3, -0.25) is 4.79 Å². The molecule has 0 radical (unpaired) electrons. The molecule has 0 saturated heterocycles. The highest BCUT2D eigenvalue weighted by atomic mass is 35.5. The molecule has 2 nitrogen and oxygen atoms in total. The van der Waals surface area contributed by atoms with E-state index < -0.39 is 5.82 Å². The van der Waals surface area contributed by atoms with Gasteiger partial charge < -0.3 is 4.74 Å². The van der Waals surface area contributed by atoms with Crippen LogP contribution in [0.1, 0.15) is 5.56 Å². The molecule has 0 aliphatic carbocycles. The van der Waals surface area contributed by atoms with Crippen molar-refractivity contribution in [2.45, 2.75) is 6.42 Å². The zero-order chi connectivity index (χ0) is 10.6. The highest BCUT2D eigenvalue weighted by Gasteiger charge is 2.06. The van der Waals surface area contributed by atoms with Crippen LogP contribution in [0.4, 0.5) is 4.39 Å². The number of carbonyl (C=O) groups excluding carboxylic acids is 1. The number of ketones is 1. The van der Waals surface area contributed by atoms with E-state index >= 15 is 0 Å². The standard InChI is InChI=1S/C10H10ClFO2/c1-14-10-5-7(2-3-9(10)12)4-8(13)6-11/h2-3,5H,4,6H2,1H3. The van der Waals surface area contributed by atoms with Crippen molar-refractivity contribution >= 4 is 17.4 Å². The van der Waals surface area contributed by atoms with E-state index in [4.69, 9.17) is 16.3 Å². The summed E-state index contributed by atoms with van der Waals surface area (Å²) in [6.45, 7) is 0. The van der Waals surface area contributed by atoms with Crippen molar-refractivity contribution in [3.05, 3.63) is 29.6 Å². The predicted octanol–water partition coefficient (Wildman–Crippen LogP) is 2.18. The van der Waals surface area contributed by atoms with Crippen LogP contribution in [0, 0.1) is 5.82 Å². The van der Waals surface area contributed by atoms with Crippen molar-refractivity contribution < 1.29 is 13.9 Å². The van der Waals surface area contributed by atoms with Crippen LogP contribution in [0.15, 0.2) is 18.2 Å². The van der Waals surface area contributed by atoms with Crippen LogP contribution in [0.2, 0.25) is 0 Å². The largest absolute Gasteiger partial charge is 0.494 e. The maximum Gasteiger partial charge on any atom is 0.165 e. The molecule has 0 amide bonds. The van der Waals surface area contributed by atoms with Crippen molar-refractivity contribution in [2.75, 3.05) is 13.0 Å². The second kappa shape index (κ2) is 4.96. The summed E-state index contributed by atoms with van der Waals surface area (Å²) in [6.07, 6.45) is 0.208. The second-order valence-electron chi connectivity index (χ2n) is 2.82. The average Bonchev–Trinajstić information content (AvgIpc) is 2.20. The molecule has 0 heterocycles. The highest BCUT2D eigenvalue weighted by Crippen LogP contribution is 2.18. The van der Waals surface area contributed by atoms with E-state index in [1.165, 1.54) is 19.2 Å². The van der Waals surface area contributed by atoms with Crippen LogP contribution < -0.4 is 4.74 Å². The molecular formula is C10H10ClFO2.